The van der Waals surface area contributed by atoms with Gasteiger partial charge in [-0.2, -0.15) is 5.26 Å². The Balaban J connectivity index is 2.24. The van der Waals surface area contributed by atoms with Crippen LogP contribution in [0.3, 0.4) is 0 Å². The summed E-state index contributed by atoms with van der Waals surface area (Å²) in [7, 11) is 0. The molecule has 0 aliphatic carbocycles. The molecule has 1 aromatic heterocycles. The summed E-state index contributed by atoms with van der Waals surface area (Å²) in [5.74, 6) is -0.281. The van der Waals surface area contributed by atoms with Crippen LogP contribution in [-0.4, -0.2) is 20.6 Å². The van der Waals surface area contributed by atoms with Crippen molar-refractivity contribution in [3.63, 3.8) is 0 Å². The number of carbonyl (C=O) groups is 1. The van der Waals surface area contributed by atoms with Gasteiger partial charge in [0.05, 0.1) is 22.7 Å². The molecule has 1 heterocycles. The van der Waals surface area contributed by atoms with Crippen LogP contribution >= 0.6 is 0 Å². The van der Waals surface area contributed by atoms with Crippen molar-refractivity contribution in [1.82, 2.24) is 9.55 Å². The molecular formula is C20H19N3O2. The summed E-state index contributed by atoms with van der Waals surface area (Å²) >= 11 is 0. The molecule has 0 fully saturated rings. The SMILES string of the molecule is CCCCC(C(=O)O)n1c(-c2cccc(C#N)c2)nc2ccccc21. The predicted molar refractivity (Wildman–Crippen MR) is 96.1 cm³/mol. The first-order chi connectivity index (χ1) is 12.2. The number of benzene rings is 2. The number of aromatic nitrogens is 2. The van der Waals surface area contributed by atoms with Crippen LogP contribution in [0.5, 0.6) is 0 Å². The number of nitriles is 1. The molecular weight excluding hydrogens is 314 g/mol. The number of carboxylic acid groups (broad SMARTS) is 1. The topological polar surface area (TPSA) is 78.9 Å². The number of fused-ring (bicyclic) bond motifs is 1. The molecule has 0 spiro atoms. The average molecular weight is 333 g/mol. The molecule has 3 rings (SSSR count). The van der Waals surface area contributed by atoms with Gasteiger partial charge in [-0.05, 0) is 30.7 Å². The van der Waals surface area contributed by atoms with Gasteiger partial charge in [0.2, 0.25) is 0 Å². The number of rotatable bonds is 6. The number of hydrogen-bond donors (Lipinski definition) is 1. The molecule has 0 amide bonds. The molecule has 5 nitrogen and oxygen atoms in total. The van der Waals surface area contributed by atoms with Gasteiger partial charge in [0, 0.05) is 5.56 Å². The molecule has 1 N–H and O–H groups in total. The first-order valence-corrected chi connectivity index (χ1v) is 8.36. The van der Waals surface area contributed by atoms with E-state index in [0.717, 1.165) is 29.4 Å². The summed E-state index contributed by atoms with van der Waals surface area (Å²) in [6.45, 7) is 2.04. The van der Waals surface area contributed by atoms with E-state index in [2.05, 4.69) is 11.1 Å². The fourth-order valence-corrected chi connectivity index (χ4v) is 3.05. The van der Waals surface area contributed by atoms with Crippen LogP contribution in [-0.2, 0) is 4.79 Å². The van der Waals surface area contributed by atoms with E-state index in [1.165, 1.54) is 0 Å². The Bertz CT molecular complexity index is 953. The fourth-order valence-electron chi connectivity index (χ4n) is 3.05. The number of nitrogens with zero attached hydrogens (tertiary/aromatic N) is 3. The van der Waals surface area contributed by atoms with Crippen LogP contribution in [0, 0.1) is 11.3 Å². The largest absolute Gasteiger partial charge is 0.480 e. The Hall–Kier alpha value is -3.13. The molecule has 0 saturated heterocycles. The lowest BCUT2D eigenvalue weighted by Gasteiger charge is -2.18. The van der Waals surface area contributed by atoms with Gasteiger partial charge in [0.25, 0.3) is 0 Å². The maximum Gasteiger partial charge on any atom is 0.326 e. The number of carboxylic acids is 1. The lowest BCUT2D eigenvalue weighted by atomic mass is 10.1. The molecule has 0 aliphatic rings. The van der Waals surface area contributed by atoms with E-state index in [9.17, 15) is 9.90 Å². The summed E-state index contributed by atoms with van der Waals surface area (Å²) in [6.07, 6.45) is 2.29. The van der Waals surface area contributed by atoms with E-state index in [1.54, 1.807) is 22.8 Å². The lowest BCUT2D eigenvalue weighted by Crippen LogP contribution is -2.20. The normalized spacial score (nSPS) is 12.0. The number of aliphatic carboxylic acids is 1. The Labute approximate surface area is 146 Å². The van der Waals surface area contributed by atoms with Gasteiger partial charge < -0.3 is 9.67 Å². The summed E-state index contributed by atoms with van der Waals surface area (Å²) in [5.41, 5.74) is 2.82. The molecule has 0 aliphatic heterocycles. The standard InChI is InChI=1S/C20H19N3O2/c1-2-3-10-18(20(24)25)23-17-11-5-4-9-16(17)22-19(23)15-8-6-7-14(12-15)13-21/h4-9,11-12,18H,2-3,10H2,1H3,(H,24,25). The van der Waals surface area contributed by atoms with Crippen LogP contribution in [0.2, 0.25) is 0 Å². The highest BCUT2D eigenvalue weighted by atomic mass is 16.4. The molecule has 126 valence electrons. The minimum Gasteiger partial charge on any atom is -0.480 e. The maximum atomic E-state index is 12.0. The molecule has 1 unspecified atom stereocenters. The molecule has 5 heteroatoms. The van der Waals surface area contributed by atoms with E-state index in [1.807, 2.05) is 37.3 Å². The van der Waals surface area contributed by atoms with Crippen molar-refractivity contribution in [2.24, 2.45) is 0 Å². The fraction of sp³-hybridized carbons (Fsp3) is 0.250. The molecule has 0 saturated carbocycles. The Morgan fingerprint density at radius 1 is 1.28 bits per heavy atom. The van der Waals surface area contributed by atoms with Crippen molar-refractivity contribution >= 4 is 17.0 Å². The van der Waals surface area contributed by atoms with Crippen LogP contribution in [0.4, 0.5) is 0 Å². The van der Waals surface area contributed by atoms with Crippen molar-refractivity contribution in [1.29, 1.82) is 5.26 Å². The van der Waals surface area contributed by atoms with E-state index in [0.29, 0.717) is 17.8 Å². The van der Waals surface area contributed by atoms with Gasteiger partial charge >= 0.3 is 5.97 Å². The number of imidazole rings is 1. The zero-order valence-electron chi connectivity index (χ0n) is 14.0. The lowest BCUT2D eigenvalue weighted by molar-refractivity contribution is -0.141. The average Bonchev–Trinajstić information content (AvgIpc) is 3.01. The van der Waals surface area contributed by atoms with Crippen molar-refractivity contribution in [2.45, 2.75) is 32.2 Å². The third kappa shape index (κ3) is 3.24. The van der Waals surface area contributed by atoms with Gasteiger partial charge in [-0.15, -0.1) is 0 Å². The zero-order valence-corrected chi connectivity index (χ0v) is 14.0. The van der Waals surface area contributed by atoms with Crippen molar-refractivity contribution in [3.8, 4) is 17.5 Å². The summed E-state index contributed by atoms with van der Waals surface area (Å²) in [4.78, 5) is 16.6. The maximum absolute atomic E-state index is 12.0. The second kappa shape index (κ2) is 7.18. The van der Waals surface area contributed by atoms with Crippen molar-refractivity contribution < 1.29 is 9.90 Å². The van der Waals surface area contributed by atoms with Gasteiger partial charge in [-0.1, -0.05) is 44.0 Å². The number of hydrogen-bond acceptors (Lipinski definition) is 3. The number of para-hydroxylation sites is 2. The zero-order chi connectivity index (χ0) is 17.8. The summed E-state index contributed by atoms with van der Waals surface area (Å²) in [6, 6.07) is 16.1. The second-order valence-corrected chi connectivity index (χ2v) is 5.98. The van der Waals surface area contributed by atoms with Crippen LogP contribution in [0.1, 0.15) is 37.8 Å². The molecule has 0 bridgehead atoms. The van der Waals surface area contributed by atoms with Crippen LogP contribution in [0.25, 0.3) is 22.4 Å². The van der Waals surface area contributed by atoms with E-state index in [4.69, 9.17) is 5.26 Å². The van der Waals surface area contributed by atoms with Gasteiger partial charge in [-0.3, -0.25) is 0 Å². The highest BCUT2D eigenvalue weighted by Gasteiger charge is 2.25. The van der Waals surface area contributed by atoms with E-state index in [-0.39, 0.29) is 0 Å². The van der Waals surface area contributed by atoms with Crippen LogP contribution < -0.4 is 0 Å². The first-order valence-electron chi connectivity index (χ1n) is 8.36. The predicted octanol–water partition coefficient (Wildman–Crippen LogP) is 4.39. The van der Waals surface area contributed by atoms with Crippen molar-refractivity contribution in [2.75, 3.05) is 0 Å². The van der Waals surface area contributed by atoms with Crippen LogP contribution in [0.15, 0.2) is 48.5 Å². The molecule has 1 atom stereocenters. The Morgan fingerprint density at radius 3 is 2.80 bits per heavy atom. The van der Waals surface area contributed by atoms with Gasteiger partial charge in [-0.25, -0.2) is 9.78 Å². The molecule has 0 radical (unpaired) electrons. The van der Waals surface area contributed by atoms with E-state index >= 15 is 0 Å². The number of unbranched alkanes of at least 4 members (excludes halogenated alkanes) is 1. The van der Waals surface area contributed by atoms with Crippen molar-refractivity contribution in [3.05, 3.63) is 54.1 Å². The first kappa shape index (κ1) is 16.7. The van der Waals surface area contributed by atoms with Gasteiger partial charge in [0.15, 0.2) is 0 Å². The molecule has 3 aromatic rings. The Kier molecular flexibility index (Phi) is 4.80. The smallest absolute Gasteiger partial charge is 0.326 e. The highest BCUT2D eigenvalue weighted by molar-refractivity contribution is 5.84. The minimum atomic E-state index is -0.866. The molecule has 2 aromatic carbocycles. The summed E-state index contributed by atoms with van der Waals surface area (Å²) < 4.78 is 1.80. The monoisotopic (exact) mass is 333 g/mol. The second-order valence-electron chi connectivity index (χ2n) is 5.98. The summed E-state index contributed by atoms with van der Waals surface area (Å²) in [5, 5.41) is 19.0. The minimum absolute atomic E-state index is 0.525. The van der Waals surface area contributed by atoms with E-state index < -0.39 is 12.0 Å². The third-order valence-electron chi connectivity index (χ3n) is 4.27. The Morgan fingerprint density at radius 2 is 2.08 bits per heavy atom. The van der Waals surface area contributed by atoms with Gasteiger partial charge in [0.1, 0.15) is 11.9 Å². The molecule has 25 heavy (non-hydrogen) atoms. The quantitative estimate of drug-likeness (QED) is 0.725. The highest BCUT2D eigenvalue weighted by Crippen LogP contribution is 2.31. The third-order valence-corrected chi connectivity index (χ3v) is 4.27.